The van der Waals surface area contributed by atoms with Crippen LogP contribution in [0.5, 0.6) is 0 Å². The molecule has 2 aromatic heterocycles. The summed E-state index contributed by atoms with van der Waals surface area (Å²) >= 11 is 0. The molecule has 2 aliphatic rings. The lowest BCUT2D eigenvalue weighted by Crippen LogP contribution is -2.48. The van der Waals surface area contributed by atoms with Gasteiger partial charge in [0, 0.05) is 24.5 Å². The lowest BCUT2D eigenvalue weighted by molar-refractivity contribution is -0.138. The number of nitrogens with zero attached hydrogens (tertiary/aromatic N) is 3. The van der Waals surface area contributed by atoms with Gasteiger partial charge >= 0.3 is 6.18 Å². The number of likely N-dealkylation sites (N-methyl/N-ethyl adjacent to an activating group) is 1. The molecule has 0 radical (unpaired) electrons. The van der Waals surface area contributed by atoms with Gasteiger partial charge in [0.25, 0.3) is 0 Å². The van der Waals surface area contributed by atoms with Crippen LogP contribution in [0.2, 0.25) is 0 Å². The second kappa shape index (κ2) is 8.18. The number of nitrogens with one attached hydrogen (secondary N) is 3. The fourth-order valence-electron chi connectivity index (χ4n) is 4.06. The summed E-state index contributed by atoms with van der Waals surface area (Å²) in [6.45, 7) is 0.652. The van der Waals surface area contributed by atoms with Gasteiger partial charge in [-0.1, -0.05) is 0 Å². The van der Waals surface area contributed by atoms with Crippen LogP contribution in [-0.2, 0) is 17.4 Å². The van der Waals surface area contributed by atoms with Crippen LogP contribution in [0.3, 0.4) is 0 Å². The number of pyridine rings is 2. The van der Waals surface area contributed by atoms with E-state index in [-0.39, 0.29) is 40.8 Å². The van der Waals surface area contributed by atoms with Gasteiger partial charge < -0.3 is 10.6 Å². The minimum atomic E-state index is -4.62. The van der Waals surface area contributed by atoms with Crippen molar-refractivity contribution >= 4 is 17.5 Å². The Morgan fingerprint density at radius 1 is 1.29 bits per heavy atom. The van der Waals surface area contributed by atoms with Gasteiger partial charge in [-0.3, -0.25) is 20.2 Å². The first-order valence-electron chi connectivity index (χ1n) is 9.93. The number of hydrogen-bond donors (Lipinski definition) is 3. The number of amides is 1. The number of piperidine rings is 1. The Hall–Kier alpha value is -3.14. The smallest absolute Gasteiger partial charge is 0.358 e. The molecule has 2 aliphatic heterocycles. The Kier molecular flexibility index (Phi) is 5.57. The van der Waals surface area contributed by atoms with Gasteiger partial charge in [0.15, 0.2) is 5.84 Å². The molecule has 1 saturated heterocycles. The lowest BCUT2D eigenvalue weighted by Gasteiger charge is -2.29. The minimum absolute atomic E-state index is 0.0100. The zero-order valence-electron chi connectivity index (χ0n) is 16.8. The molecule has 2 unspecified atom stereocenters. The van der Waals surface area contributed by atoms with E-state index in [0.29, 0.717) is 30.6 Å². The quantitative estimate of drug-likeness (QED) is 0.693. The predicted molar refractivity (Wildman–Crippen MR) is 108 cm³/mol. The molecule has 0 bridgehead atoms. The summed E-state index contributed by atoms with van der Waals surface area (Å²) in [6.07, 6.45) is -1.32. The second-order valence-corrected chi connectivity index (χ2v) is 7.62. The van der Waals surface area contributed by atoms with Gasteiger partial charge in [0.1, 0.15) is 17.1 Å². The first-order valence-corrected chi connectivity index (χ1v) is 9.93. The summed E-state index contributed by atoms with van der Waals surface area (Å²) in [7, 11) is 1.57. The fraction of sp³-hybridized carbons (Fsp3) is 0.381. The molecular weight excluding hydrogens is 409 g/mol. The normalized spacial score (nSPS) is 20.9. The van der Waals surface area contributed by atoms with Gasteiger partial charge in [-0.2, -0.15) is 13.2 Å². The predicted octanol–water partition coefficient (Wildman–Crippen LogP) is 2.33. The van der Waals surface area contributed by atoms with Crippen LogP contribution < -0.4 is 10.6 Å². The van der Waals surface area contributed by atoms with Gasteiger partial charge in [-0.05, 0) is 56.0 Å². The van der Waals surface area contributed by atoms with Crippen molar-refractivity contribution in [2.45, 2.75) is 31.5 Å². The number of halogens is 3. The number of hydrogen-bond acceptors (Lipinski definition) is 5. The second-order valence-electron chi connectivity index (χ2n) is 7.62. The molecule has 0 saturated carbocycles. The molecular formula is C21H21F3N6O. The van der Waals surface area contributed by atoms with E-state index in [0.717, 1.165) is 12.5 Å². The van der Waals surface area contributed by atoms with Crippen molar-refractivity contribution in [3.8, 4) is 0 Å². The molecule has 4 rings (SSSR count). The number of aliphatic imine (C=N–C) groups is 1. The summed E-state index contributed by atoms with van der Waals surface area (Å²) in [5, 5.41) is 13.7. The van der Waals surface area contributed by atoms with E-state index in [1.54, 1.807) is 19.2 Å². The highest BCUT2D eigenvalue weighted by atomic mass is 19.4. The molecule has 0 aromatic carbocycles. The molecule has 3 N–H and O–H groups in total. The highest BCUT2D eigenvalue weighted by Crippen LogP contribution is 2.34. The molecule has 2 atom stereocenters. The van der Waals surface area contributed by atoms with E-state index >= 15 is 0 Å². The van der Waals surface area contributed by atoms with Crippen LogP contribution >= 0.6 is 0 Å². The fourth-order valence-corrected chi connectivity index (χ4v) is 4.06. The number of aromatic nitrogens is 2. The highest BCUT2D eigenvalue weighted by molar-refractivity contribution is 6.27. The van der Waals surface area contributed by atoms with Gasteiger partial charge in [0.05, 0.1) is 11.6 Å². The van der Waals surface area contributed by atoms with E-state index in [2.05, 4.69) is 25.6 Å². The molecule has 10 heteroatoms. The first kappa shape index (κ1) is 21.1. The van der Waals surface area contributed by atoms with Crippen LogP contribution in [-0.4, -0.2) is 47.1 Å². The van der Waals surface area contributed by atoms with Crippen LogP contribution in [0, 0.1) is 11.3 Å². The topological polar surface area (TPSA) is 103 Å². The van der Waals surface area contributed by atoms with Crippen molar-refractivity contribution in [1.29, 1.82) is 5.41 Å². The minimum Gasteiger partial charge on any atom is -0.358 e. The highest BCUT2D eigenvalue weighted by Gasteiger charge is 2.38. The van der Waals surface area contributed by atoms with Crippen LogP contribution in [0.25, 0.3) is 0 Å². The Morgan fingerprint density at radius 3 is 2.84 bits per heavy atom. The van der Waals surface area contributed by atoms with Crippen molar-refractivity contribution in [3.05, 3.63) is 58.7 Å². The number of carbonyl (C=O) groups excluding carboxylic acids is 1. The Morgan fingerprint density at radius 2 is 2.10 bits per heavy atom. The maximum Gasteiger partial charge on any atom is 0.418 e. The molecule has 7 nitrogen and oxygen atoms in total. The van der Waals surface area contributed by atoms with Gasteiger partial charge in [0.2, 0.25) is 5.91 Å². The number of alkyl halides is 3. The monoisotopic (exact) mass is 430 g/mol. The number of fused-ring (bicyclic) bond motifs is 1. The third-order valence-electron chi connectivity index (χ3n) is 5.57. The summed E-state index contributed by atoms with van der Waals surface area (Å²) < 4.78 is 41.2. The van der Waals surface area contributed by atoms with E-state index in [1.165, 1.54) is 12.3 Å². The standard InChI is InChI=1S/C21H21F3N6O/c1-26-20(31)15-10-11(6-8-27-15)9-12-4-5-14(21(22,23)24)18(29-12)16-13-3-2-7-28-17(13)19(25)30-16/h2-5,7,11,15,25,27H,6,8-10H2,1H3,(H,26,31). The maximum atomic E-state index is 13.7. The first-order chi connectivity index (χ1) is 14.8. The maximum absolute atomic E-state index is 13.7. The Labute approximate surface area is 176 Å². The zero-order chi connectivity index (χ0) is 22.2. The van der Waals surface area contributed by atoms with E-state index < -0.39 is 11.7 Å². The summed E-state index contributed by atoms with van der Waals surface area (Å²) in [4.78, 5) is 24.4. The van der Waals surface area contributed by atoms with Crippen LogP contribution in [0.15, 0.2) is 35.5 Å². The largest absolute Gasteiger partial charge is 0.418 e. The number of amidine groups is 1. The summed E-state index contributed by atoms with van der Waals surface area (Å²) in [6, 6.07) is 5.27. The molecule has 4 heterocycles. The Bertz CT molecular complexity index is 1070. The van der Waals surface area contributed by atoms with Gasteiger partial charge in [-0.25, -0.2) is 4.99 Å². The van der Waals surface area contributed by atoms with Crippen molar-refractivity contribution in [2.24, 2.45) is 10.9 Å². The third kappa shape index (κ3) is 4.20. The summed E-state index contributed by atoms with van der Waals surface area (Å²) in [5.74, 6) is -0.176. The summed E-state index contributed by atoms with van der Waals surface area (Å²) in [5.41, 5.74) is -0.0758. The SMILES string of the molecule is CNC(=O)C1CC(Cc2ccc(C(F)(F)F)c(C3=NC(=N)c4ncccc43)n2)CCN1. The molecule has 0 aliphatic carbocycles. The molecule has 31 heavy (non-hydrogen) atoms. The van der Waals surface area contributed by atoms with E-state index in [1.807, 2.05) is 0 Å². The van der Waals surface area contributed by atoms with Crippen LogP contribution in [0.1, 0.15) is 41.1 Å². The molecule has 2 aromatic rings. The third-order valence-corrected chi connectivity index (χ3v) is 5.57. The molecule has 1 amide bonds. The molecule has 0 spiro atoms. The number of carbonyl (C=O) groups is 1. The van der Waals surface area contributed by atoms with Crippen molar-refractivity contribution in [3.63, 3.8) is 0 Å². The van der Waals surface area contributed by atoms with E-state index in [4.69, 9.17) is 5.41 Å². The van der Waals surface area contributed by atoms with Crippen molar-refractivity contribution in [1.82, 2.24) is 20.6 Å². The average Bonchev–Trinajstić information content (AvgIpc) is 3.09. The molecule has 162 valence electrons. The zero-order valence-corrected chi connectivity index (χ0v) is 16.8. The van der Waals surface area contributed by atoms with Gasteiger partial charge in [-0.15, -0.1) is 0 Å². The van der Waals surface area contributed by atoms with E-state index in [9.17, 15) is 18.0 Å². The van der Waals surface area contributed by atoms with Crippen molar-refractivity contribution < 1.29 is 18.0 Å². The Balaban J connectivity index is 1.68. The lowest BCUT2D eigenvalue weighted by atomic mass is 9.88. The van der Waals surface area contributed by atoms with Crippen molar-refractivity contribution in [2.75, 3.05) is 13.6 Å². The molecule has 1 fully saturated rings. The number of rotatable bonds is 4. The van der Waals surface area contributed by atoms with Crippen LogP contribution in [0.4, 0.5) is 13.2 Å². The average molecular weight is 430 g/mol.